The van der Waals surface area contributed by atoms with Crippen LogP contribution in [0.5, 0.6) is 0 Å². The Balaban J connectivity index is 4.30. The third kappa shape index (κ3) is 5.48. The van der Waals surface area contributed by atoms with E-state index >= 15 is 0 Å². The first-order chi connectivity index (χ1) is 7.34. The standard InChI is InChI=1S/C13H27N3/c1-7-15-13(5,10-14)8-12(4)16(6)9-11(2)3/h11-12,15H,7-9H2,1-6H3. The number of nitrogens with one attached hydrogen (secondary N) is 1. The van der Waals surface area contributed by atoms with Crippen molar-refractivity contribution in [3.63, 3.8) is 0 Å². The molecule has 0 rings (SSSR count). The van der Waals surface area contributed by atoms with Gasteiger partial charge in [0.25, 0.3) is 0 Å². The smallest absolute Gasteiger partial charge is 0.105 e. The first-order valence-electron chi connectivity index (χ1n) is 6.21. The van der Waals surface area contributed by atoms with Gasteiger partial charge in [-0.1, -0.05) is 20.8 Å². The van der Waals surface area contributed by atoms with E-state index in [2.05, 4.69) is 44.1 Å². The number of nitrogens with zero attached hydrogens (tertiary/aromatic N) is 2. The largest absolute Gasteiger partial charge is 0.303 e. The zero-order valence-corrected chi connectivity index (χ0v) is 11.7. The van der Waals surface area contributed by atoms with Crippen molar-refractivity contribution in [2.75, 3.05) is 20.1 Å². The molecular weight excluding hydrogens is 198 g/mol. The summed E-state index contributed by atoms with van der Waals surface area (Å²) in [6.45, 7) is 12.6. The minimum absolute atomic E-state index is 0.403. The second-order valence-corrected chi connectivity index (χ2v) is 5.36. The van der Waals surface area contributed by atoms with Gasteiger partial charge in [0.15, 0.2) is 0 Å². The topological polar surface area (TPSA) is 39.1 Å². The maximum Gasteiger partial charge on any atom is 0.105 e. The van der Waals surface area contributed by atoms with E-state index in [9.17, 15) is 5.26 Å². The van der Waals surface area contributed by atoms with Crippen LogP contribution in [0.15, 0.2) is 0 Å². The minimum Gasteiger partial charge on any atom is -0.303 e. The molecule has 0 heterocycles. The van der Waals surface area contributed by atoms with E-state index < -0.39 is 5.54 Å². The maximum atomic E-state index is 9.20. The average Bonchev–Trinajstić information content (AvgIpc) is 2.17. The summed E-state index contributed by atoms with van der Waals surface area (Å²) in [4.78, 5) is 2.33. The van der Waals surface area contributed by atoms with Crippen molar-refractivity contribution in [2.24, 2.45) is 5.92 Å². The third-order valence-electron chi connectivity index (χ3n) is 2.92. The molecule has 3 nitrogen and oxygen atoms in total. The lowest BCUT2D eigenvalue weighted by atomic mass is 9.94. The predicted molar refractivity (Wildman–Crippen MR) is 69.2 cm³/mol. The fourth-order valence-electron chi connectivity index (χ4n) is 2.05. The Morgan fingerprint density at radius 2 is 1.94 bits per heavy atom. The van der Waals surface area contributed by atoms with Crippen LogP contribution in [-0.4, -0.2) is 36.6 Å². The van der Waals surface area contributed by atoms with Gasteiger partial charge in [0.2, 0.25) is 0 Å². The molecule has 0 radical (unpaired) electrons. The van der Waals surface area contributed by atoms with Gasteiger partial charge in [-0.2, -0.15) is 5.26 Å². The highest BCUT2D eigenvalue weighted by atomic mass is 15.1. The van der Waals surface area contributed by atoms with Crippen molar-refractivity contribution in [2.45, 2.75) is 52.6 Å². The van der Waals surface area contributed by atoms with E-state index in [1.165, 1.54) is 0 Å². The van der Waals surface area contributed by atoms with E-state index in [1.54, 1.807) is 0 Å². The molecule has 16 heavy (non-hydrogen) atoms. The molecule has 1 N–H and O–H groups in total. The van der Waals surface area contributed by atoms with Crippen molar-refractivity contribution in [3.8, 4) is 6.07 Å². The second kappa shape index (κ2) is 6.88. The summed E-state index contributed by atoms with van der Waals surface area (Å²) in [5, 5.41) is 12.5. The lowest BCUT2D eigenvalue weighted by molar-refractivity contribution is 0.195. The van der Waals surface area contributed by atoms with Gasteiger partial charge < -0.3 is 4.90 Å². The zero-order valence-electron chi connectivity index (χ0n) is 11.7. The summed E-state index contributed by atoms with van der Waals surface area (Å²) in [6, 6.07) is 2.80. The molecule has 0 aliphatic heterocycles. The van der Waals surface area contributed by atoms with Gasteiger partial charge in [-0.3, -0.25) is 5.32 Å². The van der Waals surface area contributed by atoms with Crippen LogP contribution in [0.2, 0.25) is 0 Å². The number of hydrogen-bond acceptors (Lipinski definition) is 3. The highest BCUT2D eigenvalue weighted by molar-refractivity contribution is 5.05. The van der Waals surface area contributed by atoms with Crippen LogP contribution in [0.1, 0.15) is 41.0 Å². The first-order valence-corrected chi connectivity index (χ1v) is 6.21. The zero-order chi connectivity index (χ0) is 12.8. The Bertz CT molecular complexity index is 232. The molecule has 0 aromatic heterocycles. The second-order valence-electron chi connectivity index (χ2n) is 5.36. The van der Waals surface area contributed by atoms with Crippen molar-refractivity contribution in [1.82, 2.24) is 10.2 Å². The van der Waals surface area contributed by atoms with E-state index in [-0.39, 0.29) is 0 Å². The van der Waals surface area contributed by atoms with Crippen LogP contribution in [-0.2, 0) is 0 Å². The van der Waals surface area contributed by atoms with Crippen molar-refractivity contribution in [1.29, 1.82) is 5.26 Å². The first kappa shape index (κ1) is 15.4. The number of nitriles is 1. The SMILES string of the molecule is CCNC(C)(C#N)CC(C)N(C)CC(C)C. The number of hydrogen-bond donors (Lipinski definition) is 1. The van der Waals surface area contributed by atoms with E-state index in [1.807, 2.05) is 13.8 Å². The number of rotatable bonds is 7. The van der Waals surface area contributed by atoms with E-state index in [4.69, 9.17) is 0 Å². The van der Waals surface area contributed by atoms with E-state index in [0.717, 1.165) is 19.5 Å². The molecule has 0 aromatic rings. The average molecular weight is 225 g/mol. The maximum absolute atomic E-state index is 9.20. The molecule has 0 amide bonds. The van der Waals surface area contributed by atoms with Gasteiger partial charge in [0.05, 0.1) is 6.07 Å². The molecule has 2 unspecified atom stereocenters. The monoisotopic (exact) mass is 225 g/mol. The highest BCUT2D eigenvalue weighted by Crippen LogP contribution is 2.15. The van der Waals surface area contributed by atoms with Crippen LogP contribution >= 0.6 is 0 Å². The van der Waals surface area contributed by atoms with Gasteiger partial charge in [0.1, 0.15) is 5.54 Å². The molecule has 0 aliphatic rings. The van der Waals surface area contributed by atoms with Gasteiger partial charge >= 0.3 is 0 Å². The Hall–Kier alpha value is -0.590. The Morgan fingerprint density at radius 3 is 2.31 bits per heavy atom. The summed E-state index contributed by atoms with van der Waals surface area (Å²) in [5.74, 6) is 0.667. The molecule has 3 heteroatoms. The summed E-state index contributed by atoms with van der Waals surface area (Å²) in [5.41, 5.74) is -0.403. The Morgan fingerprint density at radius 1 is 1.38 bits per heavy atom. The van der Waals surface area contributed by atoms with E-state index in [0.29, 0.717) is 12.0 Å². The molecule has 0 saturated carbocycles. The van der Waals surface area contributed by atoms with Crippen molar-refractivity contribution in [3.05, 3.63) is 0 Å². The van der Waals surface area contributed by atoms with Crippen molar-refractivity contribution >= 4 is 0 Å². The fourth-order valence-corrected chi connectivity index (χ4v) is 2.05. The molecule has 0 fully saturated rings. The van der Waals surface area contributed by atoms with Crippen LogP contribution in [0.3, 0.4) is 0 Å². The predicted octanol–water partition coefficient (Wildman–Crippen LogP) is 2.24. The molecule has 94 valence electrons. The minimum atomic E-state index is -0.403. The van der Waals surface area contributed by atoms with Crippen LogP contribution in [0.4, 0.5) is 0 Å². The fraction of sp³-hybridized carbons (Fsp3) is 0.923. The molecule has 2 atom stereocenters. The molecular formula is C13H27N3. The van der Waals surface area contributed by atoms with Crippen molar-refractivity contribution < 1.29 is 0 Å². The van der Waals surface area contributed by atoms with Gasteiger partial charge in [-0.05, 0) is 39.8 Å². The van der Waals surface area contributed by atoms with Gasteiger partial charge in [-0.25, -0.2) is 0 Å². The quantitative estimate of drug-likeness (QED) is 0.722. The highest BCUT2D eigenvalue weighted by Gasteiger charge is 2.26. The van der Waals surface area contributed by atoms with Gasteiger partial charge in [0, 0.05) is 12.6 Å². The van der Waals surface area contributed by atoms with Crippen LogP contribution in [0, 0.1) is 17.2 Å². The molecule has 0 spiro atoms. The molecule has 0 saturated heterocycles. The van der Waals surface area contributed by atoms with Crippen LogP contribution in [0.25, 0.3) is 0 Å². The lowest BCUT2D eigenvalue weighted by Gasteiger charge is -2.32. The molecule has 0 aliphatic carbocycles. The lowest BCUT2D eigenvalue weighted by Crippen LogP contribution is -2.46. The Labute approximate surface area is 101 Å². The Kier molecular flexibility index (Phi) is 6.62. The summed E-state index contributed by atoms with van der Waals surface area (Å²) < 4.78 is 0. The summed E-state index contributed by atoms with van der Waals surface area (Å²) in [7, 11) is 2.13. The normalized spacial score (nSPS) is 17.2. The van der Waals surface area contributed by atoms with Crippen LogP contribution < -0.4 is 5.32 Å². The summed E-state index contributed by atoms with van der Waals surface area (Å²) >= 11 is 0. The third-order valence-corrected chi connectivity index (χ3v) is 2.92. The van der Waals surface area contributed by atoms with Gasteiger partial charge in [-0.15, -0.1) is 0 Å². The molecule has 0 bridgehead atoms. The summed E-state index contributed by atoms with van der Waals surface area (Å²) in [6.07, 6.45) is 0.862. The molecule has 0 aromatic carbocycles.